The zero-order valence-corrected chi connectivity index (χ0v) is 15.5. The van der Waals surface area contributed by atoms with Gasteiger partial charge in [-0.3, -0.25) is 9.59 Å². The molecule has 0 unspecified atom stereocenters. The van der Waals surface area contributed by atoms with E-state index in [2.05, 4.69) is 15.2 Å². The van der Waals surface area contributed by atoms with Crippen molar-refractivity contribution in [2.24, 2.45) is 16.6 Å². The van der Waals surface area contributed by atoms with E-state index in [-0.39, 0.29) is 11.9 Å². The first-order valence-electron chi connectivity index (χ1n) is 9.13. The monoisotopic (exact) mass is 360 g/mol. The lowest BCUT2D eigenvalue weighted by atomic mass is 9.97. The summed E-state index contributed by atoms with van der Waals surface area (Å²) in [5.74, 6) is 0.252. The second-order valence-electron chi connectivity index (χ2n) is 6.25. The van der Waals surface area contributed by atoms with Gasteiger partial charge in [-0.2, -0.15) is 0 Å². The second kappa shape index (κ2) is 9.79. The standard InChI is InChI=1S/C19H28N4O3/c1-3-21-19(22-13-14-6-5-7-16(12-14)17(20)24)23-10-8-15(9-11-23)18(25)26-4-2/h5-7,12,15H,3-4,8-11,13H2,1-2H3,(H2,20,24)(H,21,22). The average molecular weight is 360 g/mol. The number of likely N-dealkylation sites (tertiary alicyclic amines) is 1. The van der Waals surface area contributed by atoms with E-state index in [4.69, 9.17) is 10.5 Å². The predicted molar refractivity (Wildman–Crippen MR) is 101 cm³/mol. The first kappa shape index (κ1) is 19.8. The molecule has 0 aliphatic carbocycles. The molecule has 1 aliphatic heterocycles. The quantitative estimate of drug-likeness (QED) is 0.455. The summed E-state index contributed by atoms with van der Waals surface area (Å²) in [5, 5.41) is 3.30. The number of hydrogen-bond donors (Lipinski definition) is 2. The molecule has 1 heterocycles. The number of rotatable bonds is 6. The van der Waals surface area contributed by atoms with Crippen LogP contribution in [0, 0.1) is 5.92 Å². The normalized spacial score (nSPS) is 15.6. The number of aliphatic imine (C=N–C) groups is 1. The molecular weight excluding hydrogens is 332 g/mol. The number of nitrogens with zero attached hydrogens (tertiary/aromatic N) is 2. The third-order valence-corrected chi connectivity index (χ3v) is 4.37. The Morgan fingerprint density at radius 3 is 2.65 bits per heavy atom. The lowest BCUT2D eigenvalue weighted by molar-refractivity contribution is -0.149. The number of nitrogens with two attached hydrogens (primary N) is 1. The lowest BCUT2D eigenvalue weighted by Crippen LogP contribution is -2.46. The van der Waals surface area contributed by atoms with Gasteiger partial charge in [-0.1, -0.05) is 12.1 Å². The summed E-state index contributed by atoms with van der Waals surface area (Å²) in [6, 6.07) is 7.19. The molecule has 0 radical (unpaired) electrons. The van der Waals surface area contributed by atoms with Crippen LogP contribution < -0.4 is 11.1 Å². The van der Waals surface area contributed by atoms with Crippen molar-refractivity contribution in [3.05, 3.63) is 35.4 Å². The van der Waals surface area contributed by atoms with Crippen molar-refractivity contribution < 1.29 is 14.3 Å². The molecule has 2 rings (SSSR count). The highest BCUT2D eigenvalue weighted by Crippen LogP contribution is 2.19. The molecule has 7 heteroatoms. The number of nitrogens with one attached hydrogen (secondary N) is 1. The average Bonchev–Trinajstić information content (AvgIpc) is 2.65. The molecule has 1 aromatic rings. The highest BCUT2D eigenvalue weighted by molar-refractivity contribution is 5.92. The molecule has 1 fully saturated rings. The zero-order chi connectivity index (χ0) is 18.9. The Morgan fingerprint density at radius 1 is 1.31 bits per heavy atom. The van der Waals surface area contributed by atoms with Gasteiger partial charge in [0.25, 0.3) is 0 Å². The van der Waals surface area contributed by atoms with Gasteiger partial charge in [0.2, 0.25) is 5.91 Å². The molecule has 0 atom stereocenters. The third kappa shape index (κ3) is 5.47. The number of ether oxygens (including phenoxy) is 1. The van der Waals surface area contributed by atoms with Gasteiger partial charge in [0, 0.05) is 25.2 Å². The zero-order valence-electron chi connectivity index (χ0n) is 15.5. The van der Waals surface area contributed by atoms with Crippen LogP contribution in [0.3, 0.4) is 0 Å². The van der Waals surface area contributed by atoms with Gasteiger partial charge in [-0.25, -0.2) is 4.99 Å². The Labute approximate surface area is 154 Å². The summed E-state index contributed by atoms with van der Waals surface area (Å²) >= 11 is 0. The molecule has 3 N–H and O–H groups in total. The van der Waals surface area contributed by atoms with E-state index in [0.29, 0.717) is 18.7 Å². The van der Waals surface area contributed by atoms with Crippen molar-refractivity contribution in [3.63, 3.8) is 0 Å². The topological polar surface area (TPSA) is 97.0 Å². The molecular formula is C19H28N4O3. The van der Waals surface area contributed by atoms with Gasteiger partial charge in [0.15, 0.2) is 5.96 Å². The minimum atomic E-state index is -0.441. The summed E-state index contributed by atoms with van der Waals surface area (Å²) in [4.78, 5) is 30.0. The van der Waals surface area contributed by atoms with Gasteiger partial charge >= 0.3 is 5.97 Å². The molecule has 1 amide bonds. The van der Waals surface area contributed by atoms with Crippen LogP contribution in [0.15, 0.2) is 29.3 Å². The smallest absolute Gasteiger partial charge is 0.309 e. The highest BCUT2D eigenvalue weighted by Gasteiger charge is 2.27. The van der Waals surface area contributed by atoms with Crippen LogP contribution in [0.5, 0.6) is 0 Å². The number of esters is 1. The van der Waals surface area contributed by atoms with Gasteiger partial charge < -0.3 is 20.7 Å². The SMILES string of the molecule is CCNC(=NCc1cccc(C(N)=O)c1)N1CCC(C(=O)OCC)CC1. The first-order chi connectivity index (χ1) is 12.5. The van der Waals surface area contributed by atoms with E-state index in [9.17, 15) is 9.59 Å². The minimum Gasteiger partial charge on any atom is -0.466 e. The van der Waals surface area contributed by atoms with E-state index < -0.39 is 5.91 Å². The highest BCUT2D eigenvalue weighted by atomic mass is 16.5. The second-order valence-corrected chi connectivity index (χ2v) is 6.25. The van der Waals surface area contributed by atoms with E-state index in [0.717, 1.165) is 44.0 Å². The number of carbonyl (C=O) groups is 2. The van der Waals surface area contributed by atoms with Crippen molar-refractivity contribution in [3.8, 4) is 0 Å². The number of benzene rings is 1. The van der Waals surface area contributed by atoms with E-state index >= 15 is 0 Å². The van der Waals surface area contributed by atoms with Gasteiger partial charge in [-0.15, -0.1) is 0 Å². The van der Waals surface area contributed by atoms with Crippen LogP contribution in [0.4, 0.5) is 0 Å². The van der Waals surface area contributed by atoms with Crippen LogP contribution in [-0.4, -0.2) is 49.0 Å². The Balaban J connectivity index is 2.00. The Morgan fingerprint density at radius 2 is 2.04 bits per heavy atom. The number of hydrogen-bond acceptors (Lipinski definition) is 4. The molecule has 0 aromatic heterocycles. The molecule has 7 nitrogen and oxygen atoms in total. The molecule has 26 heavy (non-hydrogen) atoms. The molecule has 0 saturated carbocycles. The molecule has 1 aromatic carbocycles. The number of carbonyl (C=O) groups excluding carboxylic acids is 2. The van der Waals surface area contributed by atoms with E-state index in [1.165, 1.54) is 0 Å². The van der Waals surface area contributed by atoms with Gasteiger partial charge in [0.05, 0.1) is 19.1 Å². The minimum absolute atomic E-state index is 0.0266. The van der Waals surface area contributed by atoms with Crippen LogP contribution in [0.2, 0.25) is 0 Å². The molecule has 142 valence electrons. The number of piperidine rings is 1. The lowest BCUT2D eigenvalue weighted by Gasteiger charge is -2.33. The number of amides is 1. The Bertz CT molecular complexity index is 652. The molecule has 0 bridgehead atoms. The summed E-state index contributed by atoms with van der Waals surface area (Å²) in [6.07, 6.45) is 1.53. The fourth-order valence-corrected chi connectivity index (χ4v) is 3.00. The first-order valence-corrected chi connectivity index (χ1v) is 9.13. The number of guanidine groups is 1. The summed E-state index contributed by atoms with van der Waals surface area (Å²) in [6.45, 7) is 7.02. The van der Waals surface area contributed by atoms with Crippen molar-refractivity contribution in [1.82, 2.24) is 10.2 Å². The molecule has 1 saturated heterocycles. The van der Waals surface area contributed by atoms with Gasteiger partial charge in [-0.05, 0) is 44.4 Å². The summed E-state index contributed by atoms with van der Waals surface area (Å²) in [5.41, 5.74) is 6.74. The van der Waals surface area contributed by atoms with Crippen molar-refractivity contribution in [2.75, 3.05) is 26.2 Å². The van der Waals surface area contributed by atoms with Gasteiger partial charge in [0.1, 0.15) is 0 Å². The van der Waals surface area contributed by atoms with Crippen LogP contribution in [0.1, 0.15) is 42.6 Å². The van der Waals surface area contributed by atoms with Crippen molar-refractivity contribution >= 4 is 17.8 Å². The Kier molecular flexibility index (Phi) is 7.44. The largest absolute Gasteiger partial charge is 0.466 e. The van der Waals surface area contributed by atoms with Crippen LogP contribution in [-0.2, 0) is 16.1 Å². The van der Waals surface area contributed by atoms with Crippen LogP contribution in [0.25, 0.3) is 0 Å². The Hall–Kier alpha value is -2.57. The summed E-state index contributed by atoms with van der Waals surface area (Å²) in [7, 11) is 0. The van der Waals surface area contributed by atoms with Crippen molar-refractivity contribution in [2.45, 2.75) is 33.2 Å². The fourth-order valence-electron chi connectivity index (χ4n) is 3.00. The van der Waals surface area contributed by atoms with E-state index in [1.54, 1.807) is 12.1 Å². The van der Waals surface area contributed by atoms with Crippen molar-refractivity contribution in [1.29, 1.82) is 0 Å². The maximum absolute atomic E-state index is 11.9. The maximum atomic E-state index is 11.9. The summed E-state index contributed by atoms with van der Waals surface area (Å²) < 4.78 is 5.12. The molecule has 1 aliphatic rings. The third-order valence-electron chi connectivity index (χ3n) is 4.37. The molecule has 0 spiro atoms. The van der Waals surface area contributed by atoms with Crippen LogP contribution >= 0.6 is 0 Å². The maximum Gasteiger partial charge on any atom is 0.309 e. The predicted octanol–water partition coefficient (Wildman–Crippen LogP) is 1.53. The number of primary amides is 1. The van der Waals surface area contributed by atoms with E-state index in [1.807, 2.05) is 26.0 Å². The fraction of sp³-hybridized carbons (Fsp3) is 0.526.